The van der Waals surface area contributed by atoms with Crippen LogP contribution >= 0.6 is 0 Å². The Hall–Kier alpha value is -3.23. The van der Waals surface area contributed by atoms with Crippen LogP contribution < -0.4 is 0 Å². The molecule has 0 saturated carbocycles. The Balaban J connectivity index is 1.83. The zero-order chi connectivity index (χ0) is 18.0. The fourth-order valence-electron chi connectivity index (χ4n) is 2.93. The van der Waals surface area contributed by atoms with Gasteiger partial charge in [-0.05, 0) is 25.0 Å². The number of amides is 1. The standard InChI is InChI=1S/C16H16N4O5/c21-15(18-6-3-11(4-7-18)16(22)23)12-1-2-13(14(9-12)20(24)25)19-8-5-17-10-19/h1-2,5,8-11H,3-4,6-7H2,(H,22,23). The van der Waals surface area contributed by atoms with Crippen molar-refractivity contribution in [3.8, 4) is 5.69 Å². The van der Waals surface area contributed by atoms with E-state index in [1.54, 1.807) is 6.20 Å². The number of aromatic nitrogens is 2. The summed E-state index contributed by atoms with van der Waals surface area (Å²) in [6.07, 6.45) is 5.31. The summed E-state index contributed by atoms with van der Waals surface area (Å²) in [5, 5.41) is 20.4. The van der Waals surface area contributed by atoms with E-state index in [2.05, 4.69) is 4.98 Å². The molecule has 0 unspecified atom stereocenters. The number of piperidine rings is 1. The number of rotatable bonds is 4. The second-order valence-corrected chi connectivity index (χ2v) is 5.84. The maximum absolute atomic E-state index is 12.6. The van der Waals surface area contributed by atoms with E-state index in [0.29, 0.717) is 31.6 Å². The number of nitrogens with zero attached hydrogens (tertiary/aromatic N) is 4. The van der Waals surface area contributed by atoms with Gasteiger partial charge in [-0.2, -0.15) is 0 Å². The van der Waals surface area contributed by atoms with Crippen molar-refractivity contribution in [1.29, 1.82) is 0 Å². The van der Waals surface area contributed by atoms with Gasteiger partial charge in [0, 0.05) is 37.1 Å². The molecule has 0 spiro atoms. The van der Waals surface area contributed by atoms with Crippen LogP contribution in [0.2, 0.25) is 0 Å². The first-order valence-electron chi connectivity index (χ1n) is 7.76. The predicted molar refractivity (Wildman–Crippen MR) is 86.5 cm³/mol. The van der Waals surface area contributed by atoms with E-state index >= 15 is 0 Å². The third kappa shape index (κ3) is 3.35. The first-order chi connectivity index (χ1) is 12.0. The summed E-state index contributed by atoms with van der Waals surface area (Å²) in [6, 6.07) is 4.30. The molecule has 1 aliphatic heterocycles. The molecule has 0 aliphatic carbocycles. The normalized spacial score (nSPS) is 15.1. The van der Waals surface area contributed by atoms with Crippen LogP contribution in [0.3, 0.4) is 0 Å². The summed E-state index contributed by atoms with van der Waals surface area (Å²) in [6.45, 7) is 0.653. The minimum Gasteiger partial charge on any atom is -0.481 e. The summed E-state index contributed by atoms with van der Waals surface area (Å²) in [5.74, 6) is -1.63. The number of nitro benzene ring substituents is 1. The minimum atomic E-state index is -0.854. The van der Waals surface area contributed by atoms with Crippen molar-refractivity contribution < 1.29 is 19.6 Å². The summed E-state index contributed by atoms with van der Waals surface area (Å²) >= 11 is 0. The Morgan fingerprint density at radius 1 is 1.28 bits per heavy atom. The summed E-state index contributed by atoms with van der Waals surface area (Å²) in [4.78, 5) is 39.8. The van der Waals surface area contributed by atoms with Crippen LogP contribution in [-0.2, 0) is 4.79 Å². The van der Waals surface area contributed by atoms with Gasteiger partial charge in [-0.3, -0.25) is 19.7 Å². The Morgan fingerprint density at radius 3 is 2.56 bits per heavy atom. The van der Waals surface area contributed by atoms with Crippen LogP contribution in [0.25, 0.3) is 5.69 Å². The van der Waals surface area contributed by atoms with Gasteiger partial charge in [0.05, 0.1) is 17.2 Å². The Bertz CT molecular complexity index is 810. The summed E-state index contributed by atoms with van der Waals surface area (Å²) in [7, 11) is 0. The predicted octanol–water partition coefficient (Wildman–Crippen LogP) is 1.72. The Morgan fingerprint density at radius 2 is 2.00 bits per heavy atom. The van der Waals surface area contributed by atoms with Gasteiger partial charge in [0.25, 0.3) is 11.6 Å². The Kier molecular flexibility index (Phi) is 4.46. The van der Waals surface area contributed by atoms with E-state index < -0.39 is 16.8 Å². The summed E-state index contributed by atoms with van der Waals surface area (Å²) < 4.78 is 1.50. The molecular weight excluding hydrogens is 328 g/mol. The Labute approximate surface area is 142 Å². The number of aliphatic carboxylic acids is 1. The number of likely N-dealkylation sites (tertiary alicyclic amines) is 1. The highest BCUT2D eigenvalue weighted by molar-refractivity contribution is 5.95. The van der Waals surface area contributed by atoms with Gasteiger partial charge in [-0.1, -0.05) is 0 Å². The second-order valence-electron chi connectivity index (χ2n) is 5.84. The molecule has 3 rings (SSSR count). The average Bonchev–Trinajstić information content (AvgIpc) is 3.15. The average molecular weight is 344 g/mol. The van der Waals surface area contributed by atoms with Gasteiger partial charge in [0.1, 0.15) is 5.69 Å². The molecule has 25 heavy (non-hydrogen) atoms. The highest BCUT2D eigenvalue weighted by atomic mass is 16.6. The maximum atomic E-state index is 12.6. The lowest BCUT2D eigenvalue weighted by atomic mass is 9.96. The zero-order valence-corrected chi connectivity index (χ0v) is 13.2. The summed E-state index contributed by atoms with van der Waals surface area (Å²) in [5.41, 5.74) is 0.345. The molecule has 2 heterocycles. The van der Waals surface area contributed by atoms with E-state index in [0.717, 1.165) is 0 Å². The first-order valence-corrected chi connectivity index (χ1v) is 7.76. The third-order valence-corrected chi connectivity index (χ3v) is 4.33. The number of hydrogen-bond donors (Lipinski definition) is 1. The van der Waals surface area contributed by atoms with E-state index in [1.165, 1.54) is 40.2 Å². The number of carboxylic acids is 1. The number of nitro groups is 1. The van der Waals surface area contributed by atoms with Gasteiger partial charge < -0.3 is 14.6 Å². The number of carbonyl (C=O) groups is 2. The van der Waals surface area contributed by atoms with Crippen LogP contribution in [-0.4, -0.2) is 49.4 Å². The van der Waals surface area contributed by atoms with Crippen molar-refractivity contribution >= 4 is 17.6 Å². The molecule has 1 saturated heterocycles. The molecule has 0 atom stereocenters. The molecule has 2 aromatic rings. The van der Waals surface area contributed by atoms with Gasteiger partial charge in [-0.15, -0.1) is 0 Å². The zero-order valence-electron chi connectivity index (χ0n) is 13.2. The molecule has 1 fully saturated rings. The van der Waals surface area contributed by atoms with Gasteiger partial charge >= 0.3 is 5.97 Å². The van der Waals surface area contributed by atoms with Gasteiger partial charge in [0.15, 0.2) is 0 Å². The van der Waals surface area contributed by atoms with Gasteiger partial charge in [0.2, 0.25) is 0 Å². The van der Waals surface area contributed by atoms with Gasteiger partial charge in [-0.25, -0.2) is 4.98 Å². The van der Waals surface area contributed by atoms with Crippen LogP contribution in [0, 0.1) is 16.0 Å². The minimum absolute atomic E-state index is 0.190. The highest BCUT2D eigenvalue weighted by Gasteiger charge is 2.28. The molecule has 1 aromatic heterocycles. The molecular formula is C16H16N4O5. The maximum Gasteiger partial charge on any atom is 0.306 e. The lowest BCUT2D eigenvalue weighted by molar-refractivity contribution is -0.384. The van der Waals surface area contributed by atoms with Crippen molar-refractivity contribution in [3.63, 3.8) is 0 Å². The topological polar surface area (TPSA) is 119 Å². The van der Waals surface area contributed by atoms with E-state index in [4.69, 9.17) is 5.11 Å². The smallest absolute Gasteiger partial charge is 0.306 e. The number of carbonyl (C=O) groups excluding carboxylic acids is 1. The van der Waals surface area contributed by atoms with Crippen LogP contribution in [0.15, 0.2) is 36.9 Å². The molecule has 1 aromatic carbocycles. The van der Waals surface area contributed by atoms with E-state index in [1.807, 2.05) is 0 Å². The lowest BCUT2D eigenvalue weighted by Gasteiger charge is -2.30. The number of benzene rings is 1. The molecule has 130 valence electrons. The molecule has 9 nitrogen and oxygen atoms in total. The molecule has 1 N–H and O–H groups in total. The van der Waals surface area contributed by atoms with Crippen molar-refractivity contribution in [2.75, 3.05) is 13.1 Å². The van der Waals surface area contributed by atoms with Crippen molar-refractivity contribution in [2.45, 2.75) is 12.8 Å². The molecule has 1 amide bonds. The number of imidazole rings is 1. The fraction of sp³-hybridized carbons (Fsp3) is 0.312. The molecule has 0 bridgehead atoms. The molecule has 9 heteroatoms. The highest BCUT2D eigenvalue weighted by Crippen LogP contribution is 2.26. The lowest BCUT2D eigenvalue weighted by Crippen LogP contribution is -2.40. The molecule has 1 aliphatic rings. The van der Waals surface area contributed by atoms with Crippen LogP contribution in [0.4, 0.5) is 5.69 Å². The quantitative estimate of drug-likeness (QED) is 0.666. The monoisotopic (exact) mass is 344 g/mol. The van der Waals surface area contributed by atoms with Crippen molar-refractivity contribution in [1.82, 2.24) is 14.5 Å². The van der Waals surface area contributed by atoms with E-state index in [9.17, 15) is 19.7 Å². The van der Waals surface area contributed by atoms with E-state index in [-0.39, 0.29) is 17.2 Å². The second kappa shape index (κ2) is 6.71. The SMILES string of the molecule is O=C(O)C1CCN(C(=O)c2ccc(-n3ccnc3)c([N+](=O)[O-])c2)CC1. The fourth-order valence-corrected chi connectivity index (χ4v) is 2.93. The van der Waals surface area contributed by atoms with Crippen molar-refractivity contribution in [3.05, 3.63) is 52.6 Å². The number of carboxylic acid groups (broad SMARTS) is 1. The van der Waals surface area contributed by atoms with Crippen LogP contribution in [0.1, 0.15) is 23.2 Å². The van der Waals surface area contributed by atoms with Crippen LogP contribution in [0.5, 0.6) is 0 Å². The third-order valence-electron chi connectivity index (χ3n) is 4.33. The van der Waals surface area contributed by atoms with Crippen molar-refractivity contribution in [2.24, 2.45) is 5.92 Å². The number of hydrogen-bond acceptors (Lipinski definition) is 5. The largest absolute Gasteiger partial charge is 0.481 e. The first kappa shape index (κ1) is 16.6. The molecule has 0 radical (unpaired) electrons.